The number of rotatable bonds is 1. The predicted molar refractivity (Wildman–Crippen MR) is 91.3 cm³/mol. The molecular formula is C21H16. The zero-order valence-electron chi connectivity index (χ0n) is 12.3. The smallest absolute Gasteiger partial charge is 0.00191 e. The fourth-order valence-corrected chi connectivity index (χ4v) is 3.34. The molecule has 0 fully saturated rings. The average molecular weight is 268 g/mol. The van der Waals surface area contributed by atoms with Gasteiger partial charge in [-0.3, -0.25) is 0 Å². The lowest BCUT2D eigenvalue weighted by atomic mass is 9.88. The van der Waals surface area contributed by atoms with E-state index in [1.807, 2.05) is 0 Å². The third-order valence-electron chi connectivity index (χ3n) is 4.34. The molecule has 4 rings (SSSR count). The van der Waals surface area contributed by atoms with Crippen LogP contribution in [-0.4, -0.2) is 0 Å². The van der Waals surface area contributed by atoms with Crippen molar-refractivity contribution < 1.29 is 0 Å². The van der Waals surface area contributed by atoms with Crippen LogP contribution in [0.3, 0.4) is 0 Å². The number of hydrogen-bond acceptors (Lipinski definition) is 0. The molecule has 0 amide bonds. The normalized spacial score (nSPS) is 12.1. The first-order chi connectivity index (χ1) is 10.3. The van der Waals surface area contributed by atoms with Crippen molar-refractivity contribution in [1.82, 2.24) is 0 Å². The van der Waals surface area contributed by atoms with Crippen molar-refractivity contribution in [3.63, 3.8) is 0 Å². The Hall–Kier alpha value is -2.56. The van der Waals surface area contributed by atoms with E-state index in [1.54, 1.807) is 0 Å². The van der Waals surface area contributed by atoms with E-state index < -0.39 is 0 Å². The molecule has 3 aromatic rings. The molecule has 3 aromatic carbocycles. The summed E-state index contributed by atoms with van der Waals surface area (Å²) in [6.07, 6.45) is 4.17. The van der Waals surface area contributed by atoms with Crippen molar-refractivity contribution in [3.8, 4) is 11.1 Å². The Morgan fingerprint density at radius 2 is 1.57 bits per heavy atom. The van der Waals surface area contributed by atoms with E-state index in [0.717, 1.165) is 0 Å². The maximum absolute atomic E-state index is 3.24. The molecule has 0 aromatic heterocycles. The summed E-state index contributed by atoms with van der Waals surface area (Å²) in [5.74, 6) is 0. The number of aryl methyl sites for hydroxylation is 2. The zero-order chi connectivity index (χ0) is 14.4. The Balaban J connectivity index is 2.14. The first-order valence-electron chi connectivity index (χ1n) is 7.30. The monoisotopic (exact) mass is 268 g/mol. The highest BCUT2D eigenvalue weighted by atomic mass is 14.2. The maximum atomic E-state index is 3.24. The number of hydrogen-bond donors (Lipinski definition) is 0. The van der Waals surface area contributed by atoms with Crippen molar-refractivity contribution >= 4 is 22.9 Å². The lowest BCUT2D eigenvalue weighted by Crippen LogP contribution is -1.92. The van der Waals surface area contributed by atoms with Crippen LogP contribution in [0.4, 0.5) is 0 Å². The minimum atomic E-state index is 1.26. The number of benzene rings is 3. The van der Waals surface area contributed by atoms with Gasteiger partial charge in [0.25, 0.3) is 0 Å². The summed E-state index contributed by atoms with van der Waals surface area (Å²) in [5, 5.41) is 2.66. The molecular weight excluding hydrogens is 252 g/mol. The molecule has 0 nitrogen and oxygen atoms in total. The van der Waals surface area contributed by atoms with E-state index in [1.165, 1.54) is 44.2 Å². The van der Waals surface area contributed by atoms with Crippen LogP contribution in [-0.2, 0) is 0 Å². The Morgan fingerprint density at radius 1 is 0.762 bits per heavy atom. The second kappa shape index (κ2) is 4.48. The quantitative estimate of drug-likeness (QED) is 0.385. The van der Waals surface area contributed by atoms with Crippen molar-refractivity contribution in [3.05, 3.63) is 76.5 Å². The van der Waals surface area contributed by atoms with Crippen LogP contribution in [0.5, 0.6) is 0 Å². The van der Waals surface area contributed by atoms with Gasteiger partial charge in [0.15, 0.2) is 0 Å². The molecule has 0 heteroatoms. The second-order valence-electron chi connectivity index (χ2n) is 5.69. The molecule has 0 radical (unpaired) electrons. The zero-order valence-corrected chi connectivity index (χ0v) is 12.3. The van der Waals surface area contributed by atoms with Crippen LogP contribution in [0.25, 0.3) is 34.1 Å². The van der Waals surface area contributed by atoms with Gasteiger partial charge in [0.2, 0.25) is 0 Å². The van der Waals surface area contributed by atoms with Gasteiger partial charge < -0.3 is 0 Å². The number of fused-ring (bicyclic) bond motifs is 2. The van der Waals surface area contributed by atoms with Gasteiger partial charge in [-0.25, -0.2) is 0 Å². The largest absolute Gasteiger partial charge is 0.120 e. The summed E-state index contributed by atoms with van der Waals surface area (Å²) in [4.78, 5) is 0. The van der Waals surface area contributed by atoms with Crippen LogP contribution in [0.1, 0.15) is 22.3 Å². The molecule has 0 saturated carbocycles. The third-order valence-corrected chi connectivity index (χ3v) is 4.34. The third kappa shape index (κ3) is 1.77. The molecule has 0 aliphatic heterocycles. The van der Waals surface area contributed by atoms with Gasteiger partial charge in [-0.2, -0.15) is 0 Å². The minimum absolute atomic E-state index is 1.26. The van der Waals surface area contributed by atoms with Crippen LogP contribution in [0.2, 0.25) is 0 Å². The van der Waals surface area contributed by atoms with Crippen LogP contribution in [0, 0.1) is 13.8 Å². The lowest BCUT2D eigenvalue weighted by molar-refractivity contribution is 1.44. The minimum Gasteiger partial charge on any atom is -0.120 e. The van der Waals surface area contributed by atoms with Gasteiger partial charge in [0.05, 0.1) is 0 Å². The topological polar surface area (TPSA) is 0 Å². The summed E-state index contributed by atoms with van der Waals surface area (Å²) < 4.78 is 0. The Labute approximate surface area is 125 Å². The average Bonchev–Trinajstić information content (AvgIpc) is 2.95. The van der Waals surface area contributed by atoms with E-state index in [-0.39, 0.29) is 0 Å². The molecule has 0 N–H and O–H groups in total. The van der Waals surface area contributed by atoms with Gasteiger partial charge in [-0.15, -0.1) is 5.73 Å². The Bertz CT molecular complexity index is 930. The van der Waals surface area contributed by atoms with Crippen molar-refractivity contribution in [2.75, 3.05) is 0 Å². The van der Waals surface area contributed by atoms with E-state index in [0.29, 0.717) is 0 Å². The molecule has 0 unspecified atom stereocenters. The van der Waals surface area contributed by atoms with Gasteiger partial charge in [0, 0.05) is 0 Å². The van der Waals surface area contributed by atoms with Crippen molar-refractivity contribution in [2.24, 2.45) is 0 Å². The van der Waals surface area contributed by atoms with E-state index >= 15 is 0 Å². The van der Waals surface area contributed by atoms with Crippen molar-refractivity contribution in [1.29, 1.82) is 0 Å². The first-order valence-corrected chi connectivity index (χ1v) is 7.30. The fourth-order valence-electron chi connectivity index (χ4n) is 3.34. The van der Waals surface area contributed by atoms with Crippen LogP contribution >= 0.6 is 0 Å². The molecule has 0 heterocycles. The molecule has 21 heavy (non-hydrogen) atoms. The van der Waals surface area contributed by atoms with E-state index in [4.69, 9.17) is 0 Å². The van der Waals surface area contributed by atoms with Crippen LogP contribution < -0.4 is 0 Å². The first kappa shape index (κ1) is 12.2. The molecule has 0 spiro atoms. The van der Waals surface area contributed by atoms with Crippen molar-refractivity contribution in [2.45, 2.75) is 13.8 Å². The molecule has 1 aliphatic rings. The maximum Gasteiger partial charge on any atom is -0.00191 e. The van der Waals surface area contributed by atoms with E-state index in [2.05, 4.69) is 80.3 Å². The molecule has 0 bridgehead atoms. The van der Waals surface area contributed by atoms with Gasteiger partial charge >= 0.3 is 0 Å². The van der Waals surface area contributed by atoms with Gasteiger partial charge in [-0.1, -0.05) is 48.5 Å². The highest BCUT2D eigenvalue weighted by Gasteiger charge is 2.15. The Kier molecular flexibility index (Phi) is 2.60. The van der Waals surface area contributed by atoms with Gasteiger partial charge in [-0.05, 0) is 70.2 Å². The van der Waals surface area contributed by atoms with E-state index in [9.17, 15) is 0 Å². The van der Waals surface area contributed by atoms with Crippen LogP contribution in [0.15, 0.2) is 54.3 Å². The summed E-state index contributed by atoms with van der Waals surface area (Å²) in [6, 6.07) is 17.5. The Morgan fingerprint density at radius 3 is 2.43 bits per heavy atom. The SMILES string of the molecule is Cc1ccc2c(c1-c1cccc3cccc(C)c13)C=C=C2. The standard InChI is InChI=1S/C21H16/c1-14-6-3-8-17-9-5-11-19(20(14)17)21-15(2)12-13-16-7-4-10-18(16)21/h3,5-13H,1-2H3. The molecule has 100 valence electrons. The predicted octanol–water partition coefficient (Wildman–Crippen LogP) is 5.76. The summed E-state index contributed by atoms with van der Waals surface area (Å²) in [7, 11) is 0. The molecule has 1 aliphatic carbocycles. The highest BCUT2D eigenvalue weighted by molar-refractivity contribution is 6.02. The fraction of sp³-hybridized carbons (Fsp3) is 0.0952. The lowest BCUT2D eigenvalue weighted by Gasteiger charge is -2.15. The second-order valence-corrected chi connectivity index (χ2v) is 5.69. The summed E-state index contributed by atoms with van der Waals surface area (Å²) >= 11 is 0. The highest BCUT2D eigenvalue weighted by Crippen LogP contribution is 2.38. The molecule has 0 saturated heterocycles. The molecule has 0 atom stereocenters. The van der Waals surface area contributed by atoms with Gasteiger partial charge in [0.1, 0.15) is 0 Å². The summed E-state index contributed by atoms with van der Waals surface area (Å²) in [5.41, 5.74) is 11.1. The summed E-state index contributed by atoms with van der Waals surface area (Å²) in [6.45, 7) is 4.39.